The molecule has 0 radical (unpaired) electrons. The Hall–Kier alpha value is -3.93. The number of rotatable bonds is 5. The van der Waals surface area contributed by atoms with Gasteiger partial charge in [-0.25, -0.2) is 4.79 Å². The van der Waals surface area contributed by atoms with E-state index in [1.807, 2.05) is 30.3 Å². The Morgan fingerprint density at radius 3 is 1.62 bits per heavy atom. The third kappa shape index (κ3) is 2.46. The van der Waals surface area contributed by atoms with Crippen molar-refractivity contribution in [3.8, 4) is 11.5 Å². The van der Waals surface area contributed by atoms with Gasteiger partial charge in [-0.15, -0.1) is 0 Å². The first kappa shape index (κ1) is 17.2. The van der Waals surface area contributed by atoms with E-state index in [2.05, 4.69) is 0 Å². The number of aromatic carboxylic acids is 1. The van der Waals surface area contributed by atoms with Crippen LogP contribution in [0.2, 0.25) is 0 Å². The summed E-state index contributed by atoms with van der Waals surface area (Å²) < 4.78 is 10.1. The second-order valence-electron chi connectivity index (χ2n) is 7.02. The van der Waals surface area contributed by atoms with Gasteiger partial charge in [0.2, 0.25) is 0 Å². The standard InChI is InChI=1S/C23H14O6/c24-10-28-13-2-5-16-19(8-13)22-18-7-12(23(26)27)1-4-15(18)21(16)17-6-3-14(29-11-25)9-20(17)22/h1-11,21-22H,(H,26,27). The number of carboxylic acid groups (broad SMARTS) is 1. The van der Waals surface area contributed by atoms with Crippen molar-refractivity contribution in [2.75, 3.05) is 0 Å². The summed E-state index contributed by atoms with van der Waals surface area (Å²) in [5.74, 6) is -0.498. The first-order valence-electron chi connectivity index (χ1n) is 8.97. The smallest absolute Gasteiger partial charge is 0.335 e. The van der Waals surface area contributed by atoms with Gasteiger partial charge in [0.05, 0.1) is 5.56 Å². The minimum atomic E-state index is -0.995. The van der Waals surface area contributed by atoms with Crippen LogP contribution in [0.15, 0.2) is 54.6 Å². The SMILES string of the molecule is O=COc1ccc2c(c1)C1c3cc(OC=O)ccc3C2c2ccc(C(=O)O)cc21. The van der Waals surface area contributed by atoms with Crippen molar-refractivity contribution in [3.63, 3.8) is 0 Å². The Morgan fingerprint density at radius 1 is 0.690 bits per heavy atom. The molecule has 0 unspecified atom stereocenters. The summed E-state index contributed by atoms with van der Waals surface area (Å²) >= 11 is 0. The Balaban J connectivity index is 1.78. The molecule has 0 heterocycles. The van der Waals surface area contributed by atoms with Crippen molar-refractivity contribution < 1.29 is 29.0 Å². The first-order valence-corrected chi connectivity index (χ1v) is 8.97. The molecule has 3 aromatic rings. The molecule has 0 saturated carbocycles. The molecule has 0 fully saturated rings. The highest BCUT2D eigenvalue weighted by atomic mass is 16.5. The lowest BCUT2D eigenvalue weighted by Gasteiger charge is -2.42. The molecule has 0 aliphatic heterocycles. The fourth-order valence-corrected chi connectivity index (χ4v) is 4.62. The summed E-state index contributed by atoms with van der Waals surface area (Å²) in [6.45, 7) is 0.756. The van der Waals surface area contributed by atoms with Crippen molar-refractivity contribution in [1.29, 1.82) is 0 Å². The molecule has 6 nitrogen and oxygen atoms in total. The van der Waals surface area contributed by atoms with Crippen molar-refractivity contribution in [3.05, 3.63) is 93.5 Å². The van der Waals surface area contributed by atoms with Crippen LogP contribution in [-0.4, -0.2) is 24.0 Å². The van der Waals surface area contributed by atoms with Crippen LogP contribution in [0.25, 0.3) is 0 Å². The summed E-state index contributed by atoms with van der Waals surface area (Å²) in [5, 5.41) is 9.46. The van der Waals surface area contributed by atoms with Crippen LogP contribution in [0.1, 0.15) is 55.6 Å². The lowest BCUT2D eigenvalue weighted by atomic mass is 9.61. The van der Waals surface area contributed by atoms with Gasteiger partial charge in [-0.2, -0.15) is 0 Å². The molecule has 0 spiro atoms. The highest BCUT2D eigenvalue weighted by Gasteiger charge is 2.42. The normalized spacial score (nSPS) is 17.5. The number of carbonyl (C=O) groups is 3. The topological polar surface area (TPSA) is 89.9 Å². The first-order chi connectivity index (χ1) is 14.1. The van der Waals surface area contributed by atoms with Gasteiger partial charge in [0, 0.05) is 11.8 Å². The van der Waals surface area contributed by atoms with E-state index in [0.29, 0.717) is 24.4 Å². The lowest BCUT2D eigenvalue weighted by molar-refractivity contribution is -0.121. The highest BCUT2D eigenvalue weighted by molar-refractivity contribution is 5.88. The monoisotopic (exact) mass is 386 g/mol. The minimum absolute atomic E-state index is 0.0848. The van der Waals surface area contributed by atoms with Crippen molar-refractivity contribution in [1.82, 2.24) is 0 Å². The van der Waals surface area contributed by atoms with Gasteiger partial charge < -0.3 is 14.6 Å². The molecule has 1 N–H and O–H groups in total. The van der Waals surface area contributed by atoms with Crippen molar-refractivity contribution in [2.45, 2.75) is 11.8 Å². The lowest BCUT2D eigenvalue weighted by Crippen LogP contribution is -2.28. The Morgan fingerprint density at radius 2 is 1.14 bits per heavy atom. The number of benzene rings is 3. The average molecular weight is 386 g/mol. The van der Waals surface area contributed by atoms with Gasteiger partial charge >= 0.3 is 5.97 Å². The maximum Gasteiger partial charge on any atom is 0.335 e. The number of ether oxygens (including phenoxy) is 2. The molecule has 0 saturated heterocycles. The van der Waals surface area contributed by atoms with E-state index in [1.165, 1.54) is 0 Å². The summed E-state index contributed by atoms with van der Waals surface area (Å²) in [6, 6.07) is 16.2. The van der Waals surface area contributed by atoms with E-state index in [0.717, 1.165) is 33.4 Å². The Bertz CT molecular complexity index is 1130. The Labute approximate surface area is 165 Å². The molecule has 3 aromatic carbocycles. The van der Waals surface area contributed by atoms with E-state index in [-0.39, 0.29) is 17.4 Å². The van der Waals surface area contributed by atoms with E-state index >= 15 is 0 Å². The van der Waals surface area contributed by atoms with Crippen LogP contribution in [0.4, 0.5) is 0 Å². The summed E-state index contributed by atoms with van der Waals surface area (Å²) in [7, 11) is 0. The van der Waals surface area contributed by atoms with Crippen LogP contribution in [-0.2, 0) is 9.59 Å². The van der Waals surface area contributed by atoms with E-state index in [9.17, 15) is 19.5 Å². The Kier molecular flexibility index (Phi) is 3.74. The maximum atomic E-state index is 11.5. The van der Waals surface area contributed by atoms with Crippen LogP contribution in [0.3, 0.4) is 0 Å². The van der Waals surface area contributed by atoms with Gasteiger partial charge in [0.1, 0.15) is 11.5 Å². The second-order valence-corrected chi connectivity index (χ2v) is 7.02. The molecular weight excluding hydrogens is 372 g/mol. The van der Waals surface area contributed by atoms with E-state index < -0.39 is 5.97 Å². The number of hydrogen-bond donors (Lipinski definition) is 1. The minimum Gasteiger partial charge on any atom is -0.478 e. The summed E-state index contributed by atoms with van der Waals surface area (Å²) in [6.07, 6.45) is 0. The molecule has 2 bridgehead atoms. The molecule has 6 rings (SSSR count). The number of hydrogen-bond acceptors (Lipinski definition) is 5. The average Bonchev–Trinajstić information content (AvgIpc) is 2.73. The molecule has 29 heavy (non-hydrogen) atoms. The van der Waals surface area contributed by atoms with Gasteiger partial charge in [0.25, 0.3) is 12.9 Å². The third-order valence-corrected chi connectivity index (χ3v) is 5.68. The van der Waals surface area contributed by atoms with Crippen LogP contribution in [0.5, 0.6) is 11.5 Å². The molecule has 0 amide bonds. The maximum absolute atomic E-state index is 11.5. The van der Waals surface area contributed by atoms with Crippen LogP contribution < -0.4 is 9.47 Å². The molecule has 0 aromatic heterocycles. The quantitative estimate of drug-likeness (QED) is 0.466. The van der Waals surface area contributed by atoms with Crippen LogP contribution in [0, 0.1) is 0 Å². The molecule has 3 aliphatic carbocycles. The number of carbonyl (C=O) groups excluding carboxylic acids is 2. The fraction of sp³-hybridized carbons (Fsp3) is 0.0870. The molecule has 6 heteroatoms. The molecule has 142 valence electrons. The van der Waals surface area contributed by atoms with Gasteiger partial charge in [-0.05, 0) is 69.8 Å². The molecule has 3 aliphatic rings. The number of carboxylic acids is 1. The van der Waals surface area contributed by atoms with Gasteiger partial charge in [-0.3, -0.25) is 9.59 Å². The third-order valence-electron chi connectivity index (χ3n) is 5.68. The summed E-state index contributed by atoms with van der Waals surface area (Å²) in [4.78, 5) is 33.1. The van der Waals surface area contributed by atoms with E-state index in [1.54, 1.807) is 24.3 Å². The van der Waals surface area contributed by atoms with Gasteiger partial charge in [0.15, 0.2) is 0 Å². The van der Waals surface area contributed by atoms with E-state index in [4.69, 9.17) is 9.47 Å². The highest BCUT2D eigenvalue weighted by Crippen LogP contribution is 2.56. The predicted octanol–water partition coefficient (Wildman–Crippen LogP) is 3.44. The summed E-state index contributed by atoms with van der Waals surface area (Å²) in [5.41, 5.74) is 6.20. The molecule has 0 atom stereocenters. The van der Waals surface area contributed by atoms with Crippen molar-refractivity contribution >= 4 is 18.9 Å². The second kappa shape index (κ2) is 6.31. The predicted molar refractivity (Wildman–Crippen MR) is 102 cm³/mol. The zero-order valence-corrected chi connectivity index (χ0v) is 15.0. The van der Waals surface area contributed by atoms with Crippen molar-refractivity contribution in [2.24, 2.45) is 0 Å². The zero-order chi connectivity index (χ0) is 20.1. The van der Waals surface area contributed by atoms with Crippen LogP contribution >= 0.6 is 0 Å². The molecular formula is C23H14O6. The fourth-order valence-electron chi connectivity index (χ4n) is 4.62. The zero-order valence-electron chi connectivity index (χ0n) is 15.0. The van der Waals surface area contributed by atoms with Gasteiger partial charge in [-0.1, -0.05) is 18.2 Å². The largest absolute Gasteiger partial charge is 0.478 e.